The monoisotopic (exact) mass is 435 g/mol. The van der Waals surface area contributed by atoms with Crippen molar-refractivity contribution in [3.63, 3.8) is 0 Å². The van der Waals surface area contributed by atoms with Gasteiger partial charge in [0.25, 0.3) is 0 Å². The molecule has 1 heterocycles. The normalized spacial score (nSPS) is 16.8. The van der Waals surface area contributed by atoms with Gasteiger partial charge in [0.15, 0.2) is 5.82 Å². The van der Waals surface area contributed by atoms with E-state index in [1.165, 1.54) is 38.1 Å². The second kappa shape index (κ2) is 8.52. The number of aryl methyl sites for hydroxylation is 1. The van der Waals surface area contributed by atoms with Gasteiger partial charge in [0.2, 0.25) is 27.7 Å². The van der Waals surface area contributed by atoms with Gasteiger partial charge >= 0.3 is 0 Å². The van der Waals surface area contributed by atoms with Gasteiger partial charge in [-0.15, -0.1) is 0 Å². The van der Waals surface area contributed by atoms with Crippen LogP contribution >= 0.6 is 0 Å². The molecule has 1 aromatic carbocycles. The minimum Gasteiger partial charge on any atom is -0.342 e. The molecule has 2 aromatic rings. The van der Waals surface area contributed by atoms with Gasteiger partial charge in [0, 0.05) is 19.5 Å². The fraction of sp³-hybridized carbons (Fsp3) is 0.474. The van der Waals surface area contributed by atoms with Crippen LogP contribution in [0.5, 0.6) is 0 Å². The zero-order valence-electron chi connectivity index (χ0n) is 17.1. The number of hydrogen-bond acceptors (Lipinski definition) is 7. The molecule has 3 rings (SSSR count). The lowest BCUT2D eigenvalue weighted by molar-refractivity contribution is -0.124. The lowest BCUT2D eigenvalue weighted by atomic mass is 9.96. The summed E-state index contributed by atoms with van der Waals surface area (Å²) in [4.78, 5) is 28.1. The van der Waals surface area contributed by atoms with Crippen LogP contribution in [0.1, 0.15) is 51.2 Å². The van der Waals surface area contributed by atoms with Crippen LogP contribution in [0.25, 0.3) is 0 Å². The molecule has 30 heavy (non-hydrogen) atoms. The van der Waals surface area contributed by atoms with Crippen LogP contribution in [0.2, 0.25) is 0 Å². The second-order valence-corrected chi connectivity index (χ2v) is 9.18. The molecule has 3 N–H and O–H groups in total. The van der Waals surface area contributed by atoms with E-state index in [9.17, 15) is 18.0 Å². The van der Waals surface area contributed by atoms with Crippen molar-refractivity contribution in [1.29, 1.82) is 0 Å². The van der Waals surface area contributed by atoms with Crippen LogP contribution in [-0.2, 0) is 25.2 Å². The smallest absolute Gasteiger partial charge is 0.241 e. The molecule has 162 valence electrons. The molecule has 1 aliphatic rings. The highest BCUT2D eigenvalue weighted by atomic mass is 32.2. The lowest BCUT2D eigenvalue weighted by Gasteiger charge is -2.28. The van der Waals surface area contributed by atoms with Gasteiger partial charge in [0.05, 0.1) is 10.9 Å². The first-order valence-electron chi connectivity index (χ1n) is 9.64. The van der Waals surface area contributed by atoms with Crippen LogP contribution in [0.4, 0.5) is 5.69 Å². The quantitative estimate of drug-likeness (QED) is 0.599. The van der Waals surface area contributed by atoms with Gasteiger partial charge in [-0.3, -0.25) is 9.59 Å². The third-order valence-corrected chi connectivity index (χ3v) is 6.54. The fourth-order valence-electron chi connectivity index (χ4n) is 3.50. The topological polar surface area (TPSA) is 143 Å². The third kappa shape index (κ3) is 4.85. The third-order valence-electron chi connectivity index (χ3n) is 4.99. The van der Waals surface area contributed by atoms with Crippen molar-refractivity contribution < 1.29 is 22.5 Å². The summed E-state index contributed by atoms with van der Waals surface area (Å²) in [5.74, 6) is 0.0842. The van der Waals surface area contributed by atoms with E-state index in [-0.39, 0.29) is 10.8 Å². The molecule has 0 saturated heterocycles. The number of hydrogen-bond donors (Lipinski definition) is 3. The lowest BCUT2D eigenvalue weighted by Crippen LogP contribution is -2.52. The first-order valence-corrected chi connectivity index (χ1v) is 11.1. The highest BCUT2D eigenvalue weighted by molar-refractivity contribution is 7.89. The van der Waals surface area contributed by atoms with E-state index in [1.54, 1.807) is 6.92 Å². The SMILES string of the molecule is CC(=O)Nc1ccc(S(=O)(=O)N[C@@H](C)C(=O)NC2(c3noc(C)n3)CCCC2)cc1. The Morgan fingerprint density at radius 1 is 1.17 bits per heavy atom. The van der Waals surface area contributed by atoms with Crippen molar-refractivity contribution >= 4 is 27.5 Å². The Balaban J connectivity index is 1.70. The molecule has 1 atom stereocenters. The molecule has 0 aliphatic heterocycles. The van der Waals surface area contributed by atoms with Crippen LogP contribution < -0.4 is 15.4 Å². The van der Waals surface area contributed by atoms with Gasteiger partial charge in [0.1, 0.15) is 5.54 Å². The molecule has 0 bridgehead atoms. The molecule has 1 aromatic heterocycles. The van der Waals surface area contributed by atoms with Crippen molar-refractivity contribution in [1.82, 2.24) is 20.2 Å². The molecule has 0 unspecified atom stereocenters. The molecule has 0 spiro atoms. The molecule has 11 heteroatoms. The predicted molar refractivity (Wildman–Crippen MR) is 108 cm³/mol. The summed E-state index contributed by atoms with van der Waals surface area (Å²) in [6, 6.07) is 4.66. The Hall–Kier alpha value is -2.79. The Labute approximate surface area is 174 Å². The maximum absolute atomic E-state index is 12.8. The number of amides is 2. The number of carbonyl (C=O) groups excluding carboxylic acids is 2. The number of rotatable bonds is 7. The average Bonchev–Trinajstić information content (AvgIpc) is 3.31. The summed E-state index contributed by atoms with van der Waals surface area (Å²) < 4.78 is 32.8. The zero-order chi connectivity index (χ0) is 21.9. The van der Waals surface area contributed by atoms with Crippen LogP contribution in [0.3, 0.4) is 0 Å². The van der Waals surface area contributed by atoms with E-state index < -0.39 is 27.5 Å². The van der Waals surface area contributed by atoms with Crippen molar-refractivity contribution in [3.8, 4) is 0 Å². The Kier molecular flexibility index (Phi) is 6.22. The summed E-state index contributed by atoms with van der Waals surface area (Å²) in [5.41, 5.74) is -0.278. The van der Waals surface area contributed by atoms with Crippen LogP contribution in [0, 0.1) is 6.92 Å². The van der Waals surface area contributed by atoms with E-state index in [0.717, 1.165) is 12.8 Å². The van der Waals surface area contributed by atoms with E-state index in [2.05, 4.69) is 25.5 Å². The van der Waals surface area contributed by atoms with Crippen molar-refractivity contribution in [3.05, 3.63) is 36.0 Å². The molecule has 1 fully saturated rings. The summed E-state index contributed by atoms with van der Waals surface area (Å²) >= 11 is 0. The van der Waals surface area contributed by atoms with Crippen molar-refractivity contribution in [2.75, 3.05) is 5.32 Å². The first-order chi connectivity index (χ1) is 14.1. The molecule has 10 nitrogen and oxygen atoms in total. The van der Waals surface area contributed by atoms with Gasteiger partial charge in [-0.1, -0.05) is 18.0 Å². The van der Waals surface area contributed by atoms with E-state index >= 15 is 0 Å². The number of nitrogens with zero attached hydrogens (tertiary/aromatic N) is 2. The number of anilines is 1. The number of aromatic nitrogens is 2. The molecule has 1 aliphatic carbocycles. The highest BCUT2D eigenvalue weighted by Crippen LogP contribution is 2.37. The number of benzene rings is 1. The van der Waals surface area contributed by atoms with Crippen molar-refractivity contribution in [2.24, 2.45) is 0 Å². The summed E-state index contributed by atoms with van der Waals surface area (Å²) in [7, 11) is -3.94. The molecule has 2 amide bonds. The van der Waals surface area contributed by atoms with E-state index in [4.69, 9.17) is 4.52 Å². The summed E-state index contributed by atoms with van der Waals surface area (Å²) in [5, 5.41) is 9.46. The molecule has 0 radical (unpaired) electrons. The Morgan fingerprint density at radius 2 is 1.80 bits per heavy atom. The number of carbonyl (C=O) groups is 2. The maximum Gasteiger partial charge on any atom is 0.241 e. The fourth-order valence-corrected chi connectivity index (χ4v) is 4.70. The number of nitrogens with one attached hydrogen (secondary N) is 3. The summed E-state index contributed by atoms with van der Waals surface area (Å²) in [6.45, 7) is 4.51. The largest absolute Gasteiger partial charge is 0.342 e. The van der Waals surface area contributed by atoms with Gasteiger partial charge < -0.3 is 15.2 Å². The average molecular weight is 436 g/mol. The first kappa shape index (κ1) is 21.9. The van der Waals surface area contributed by atoms with Gasteiger partial charge in [-0.2, -0.15) is 9.71 Å². The van der Waals surface area contributed by atoms with E-state index in [1.807, 2.05) is 0 Å². The minimum atomic E-state index is -3.94. The van der Waals surface area contributed by atoms with Crippen LogP contribution in [0.15, 0.2) is 33.7 Å². The maximum atomic E-state index is 12.8. The predicted octanol–water partition coefficient (Wildman–Crippen LogP) is 1.59. The van der Waals surface area contributed by atoms with Gasteiger partial charge in [-0.25, -0.2) is 8.42 Å². The van der Waals surface area contributed by atoms with Gasteiger partial charge in [-0.05, 0) is 44.0 Å². The number of sulfonamides is 1. The van der Waals surface area contributed by atoms with Crippen LogP contribution in [-0.4, -0.2) is 36.4 Å². The summed E-state index contributed by atoms with van der Waals surface area (Å²) in [6.07, 6.45) is 3.10. The molecule has 1 saturated carbocycles. The zero-order valence-corrected chi connectivity index (χ0v) is 17.9. The van der Waals surface area contributed by atoms with Crippen molar-refractivity contribution in [2.45, 2.75) is 62.9 Å². The molecular weight excluding hydrogens is 410 g/mol. The highest BCUT2D eigenvalue weighted by Gasteiger charge is 2.42. The Morgan fingerprint density at radius 3 is 2.33 bits per heavy atom. The minimum absolute atomic E-state index is 0.0133. The Bertz CT molecular complexity index is 1030. The standard InChI is InChI=1S/C19H25N5O5S/c1-12(24-30(27,28)16-8-6-15(7-9-16)20-13(2)25)17(26)22-19(10-4-5-11-19)18-21-14(3)29-23-18/h6-9,12,24H,4-5,10-11H2,1-3H3,(H,20,25)(H,22,26)/t12-/m0/s1. The van der Waals surface area contributed by atoms with E-state index in [0.29, 0.717) is 30.2 Å². The molecular formula is C19H25N5O5S. The second-order valence-electron chi connectivity index (χ2n) is 7.46.